The number of hydrogen-bond acceptors (Lipinski definition) is 2. The molecule has 4 heteroatoms. The number of methoxy groups -OCH3 is 1. The fourth-order valence-electron chi connectivity index (χ4n) is 0.999. The smallest absolute Gasteiger partial charge is 0.323 e. The second-order valence-corrected chi connectivity index (χ2v) is 2.50. The quantitative estimate of drug-likeness (QED) is 0.769. The lowest BCUT2D eigenvalue weighted by molar-refractivity contribution is 0.255. The zero-order valence-corrected chi connectivity index (χ0v) is 7.91. The lowest BCUT2D eigenvalue weighted by Crippen LogP contribution is -2.23. The number of anilines is 1. The van der Waals surface area contributed by atoms with Crippen molar-refractivity contribution in [2.45, 2.75) is 0 Å². The molecule has 0 saturated carbocycles. The molecule has 2 N–H and O–H groups in total. The molecule has 4 nitrogen and oxygen atoms in total. The van der Waals surface area contributed by atoms with Crippen LogP contribution in [0, 0.1) is 0 Å². The Balaban J connectivity index is 2.74. The van der Waals surface area contributed by atoms with Gasteiger partial charge in [0.25, 0.3) is 0 Å². The number of amides is 2. The van der Waals surface area contributed by atoms with Crippen LogP contribution in [0.3, 0.4) is 0 Å². The van der Waals surface area contributed by atoms with Gasteiger partial charge in [0, 0.05) is 0 Å². The van der Waals surface area contributed by atoms with Gasteiger partial charge in [0.15, 0.2) is 0 Å². The van der Waals surface area contributed by atoms with E-state index in [4.69, 9.17) is 4.74 Å². The topological polar surface area (TPSA) is 50.4 Å². The Kier molecular flexibility index (Phi) is 3.55. The highest BCUT2D eigenvalue weighted by atomic mass is 16.5. The largest absolute Gasteiger partial charge is 0.495 e. The van der Waals surface area contributed by atoms with E-state index in [1.807, 2.05) is 12.1 Å². The van der Waals surface area contributed by atoms with Crippen LogP contribution < -0.4 is 15.4 Å². The summed E-state index contributed by atoms with van der Waals surface area (Å²) in [7, 11) is 1.55. The fraction of sp³-hybridized carbons (Fsp3) is 0.100. The zero-order chi connectivity index (χ0) is 10.4. The molecule has 1 aromatic rings. The summed E-state index contributed by atoms with van der Waals surface area (Å²) < 4.78 is 5.06. The van der Waals surface area contributed by atoms with Gasteiger partial charge in [-0.25, -0.2) is 4.79 Å². The molecule has 2 amide bonds. The summed E-state index contributed by atoms with van der Waals surface area (Å²) in [5.74, 6) is 0.617. The highest BCUT2D eigenvalue weighted by Gasteiger charge is 2.03. The molecular weight excluding hydrogens is 180 g/mol. The van der Waals surface area contributed by atoms with Crippen LogP contribution >= 0.6 is 0 Å². The monoisotopic (exact) mass is 192 g/mol. The molecule has 0 radical (unpaired) electrons. The minimum Gasteiger partial charge on any atom is -0.495 e. The minimum atomic E-state index is -0.343. The van der Waals surface area contributed by atoms with Gasteiger partial charge < -0.3 is 15.4 Å². The predicted molar refractivity (Wildman–Crippen MR) is 55.3 cm³/mol. The first-order valence-corrected chi connectivity index (χ1v) is 4.09. The van der Waals surface area contributed by atoms with Gasteiger partial charge in [-0.05, 0) is 18.3 Å². The molecule has 0 spiro atoms. The van der Waals surface area contributed by atoms with Crippen LogP contribution in [-0.4, -0.2) is 13.1 Å². The van der Waals surface area contributed by atoms with Gasteiger partial charge in [0.2, 0.25) is 0 Å². The lowest BCUT2D eigenvalue weighted by Gasteiger charge is -2.08. The number of urea groups is 1. The van der Waals surface area contributed by atoms with Crippen molar-refractivity contribution in [2.24, 2.45) is 0 Å². The third kappa shape index (κ3) is 2.52. The van der Waals surface area contributed by atoms with Crippen molar-refractivity contribution in [3.05, 3.63) is 37.0 Å². The van der Waals surface area contributed by atoms with E-state index < -0.39 is 0 Å². The van der Waals surface area contributed by atoms with Gasteiger partial charge in [-0.15, -0.1) is 0 Å². The molecule has 0 aromatic heterocycles. The summed E-state index contributed by atoms with van der Waals surface area (Å²) in [6, 6.07) is 6.82. The molecule has 0 unspecified atom stereocenters. The highest BCUT2D eigenvalue weighted by molar-refractivity contribution is 5.91. The van der Waals surface area contributed by atoms with Crippen molar-refractivity contribution in [3.63, 3.8) is 0 Å². The average Bonchev–Trinajstić information content (AvgIpc) is 2.19. The first kappa shape index (κ1) is 10.1. The molecule has 0 aliphatic heterocycles. The van der Waals surface area contributed by atoms with Gasteiger partial charge in [0.05, 0.1) is 12.8 Å². The van der Waals surface area contributed by atoms with E-state index in [0.29, 0.717) is 11.4 Å². The van der Waals surface area contributed by atoms with E-state index >= 15 is 0 Å². The second-order valence-electron chi connectivity index (χ2n) is 2.50. The summed E-state index contributed by atoms with van der Waals surface area (Å²) in [4.78, 5) is 11.1. The Morgan fingerprint density at radius 3 is 2.86 bits per heavy atom. The first-order valence-electron chi connectivity index (χ1n) is 4.09. The van der Waals surface area contributed by atoms with E-state index in [1.165, 1.54) is 6.20 Å². The van der Waals surface area contributed by atoms with Gasteiger partial charge in [0.1, 0.15) is 5.75 Å². The van der Waals surface area contributed by atoms with Crippen molar-refractivity contribution >= 4 is 11.7 Å². The number of benzene rings is 1. The Morgan fingerprint density at radius 1 is 1.50 bits per heavy atom. The standard InChI is InChI=1S/C10H12N2O2/c1-3-11-10(13)12-8-6-4-5-7-9(8)14-2/h3-7H,1H2,2H3,(H2,11,12,13). The molecule has 14 heavy (non-hydrogen) atoms. The third-order valence-corrected chi connectivity index (χ3v) is 1.59. The molecule has 0 aliphatic rings. The number of carbonyl (C=O) groups is 1. The first-order chi connectivity index (χ1) is 6.77. The molecule has 1 rings (SSSR count). The maximum absolute atomic E-state index is 11.1. The maximum atomic E-state index is 11.1. The number of nitrogens with one attached hydrogen (secondary N) is 2. The summed E-state index contributed by atoms with van der Waals surface area (Å²) >= 11 is 0. The summed E-state index contributed by atoms with van der Waals surface area (Å²) in [6.45, 7) is 3.38. The maximum Gasteiger partial charge on any atom is 0.323 e. The van der Waals surface area contributed by atoms with E-state index in [0.717, 1.165) is 0 Å². The normalized spacial score (nSPS) is 8.93. The zero-order valence-electron chi connectivity index (χ0n) is 7.91. The van der Waals surface area contributed by atoms with Gasteiger partial charge in [-0.1, -0.05) is 18.7 Å². The van der Waals surface area contributed by atoms with E-state index in [2.05, 4.69) is 17.2 Å². The Hall–Kier alpha value is -1.97. The Morgan fingerprint density at radius 2 is 2.21 bits per heavy atom. The second kappa shape index (κ2) is 4.91. The predicted octanol–water partition coefficient (Wildman–Crippen LogP) is 1.96. The van der Waals surface area contributed by atoms with Crippen LogP contribution in [0.4, 0.5) is 10.5 Å². The molecule has 0 saturated heterocycles. The van der Waals surface area contributed by atoms with Crippen molar-refractivity contribution in [1.82, 2.24) is 5.32 Å². The van der Waals surface area contributed by atoms with Gasteiger partial charge in [-0.3, -0.25) is 0 Å². The van der Waals surface area contributed by atoms with Crippen LogP contribution in [0.1, 0.15) is 0 Å². The number of carbonyl (C=O) groups excluding carboxylic acids is 1. The van der Waals surface area contributed by atoms with E-state index in [1.54, 1.807) is 19.2 Å². The lowest BCUT2D eigenvalue weighted by atomic mass is 10.3. The van der Waals surface area contributed by atoms with Crippen molar-refractivity contribution in [1.29, 1.82) is 0 Å². The molecule has 0 heterocycles. The van der Waals surface area contributed by atoms with Crippen molar-refractivity contribution in [2.75, 3.05) is 12.4 Å². The number of rotatable bonds is 3. The SMILES string of the molecule is C=CNC(=O)Nc1ccccc1OC. The number of para-hydroxylation sites is 2. The Bertz CT molecular complexity index is 337. The third-order valence-electron chi connectivity index (χ3n) is 1.59. The molecular formula is C10H12N2O2. The molecule has 0 aliphatic carbocycles. The summed E-state index contributed by atoms with van der Waals surface area (Å²) in [5, 5.41) is 5.02. The highest BCUT2D eigenvalue weighted by Crippen LogP contribution is 2.22. The van der Waals surface area contributed by atoms with E-state index in [9.17, 15) is 4.79 Å². The molecule has 74 valence electrons. The molecule has 0 bridgehead atoms. The van der Waals surface area contributed by atoms with Crippen LogP contribution in [0.5, 0.6) is 5.75 Å². The van der Waals surface area contributed by atoms with Crippen molar-refractivity contribution < 1.29 is 9.53 Å². The number of ether oxygens (including phenoxy) is 1. The number of hydrogen-bond donors (Lipinski definition) is 2. The van der Waals surface area contributed by atoms with E-state index in [-0.39, 0.29) is 6.03 Å². The average molecular weight is 192 g/mol. The fourth-order valence-corrected chi connectivity index (χ4v) is 0.999. The van der Waals surface area contributed by atoms with Crippen LogP contribution in [0.25, 0.3) is 0 Å². The van der Waals surface area contributed by atoms with Crippen LogP contribution in [0.2, 0.25) is 0 Å². The molecule has 0 atom stereocenters. The molecule has 0 fully saturated rings. The Labute approximate surface area is 82.6 Å². The summed E-state index contributed by atoms with van der Waals surface area (Å²) in [6.07, 6.45) is 1.31. The summed E-state index contributed by atoms with van der Waals surface area (Å²) in [5.41, 5.74) is 0.620. The van der Waals surface area contributed by atoms with Crippen LogP contribution in [-0.2, 0) is 0 Å². The van der Waals surface area contributed by atoms with Gasteiger partial charge >= 0.3 is 6.03 Å². The molecule has 1 aromatic carbocycles. The van der Waals surface area contributed by atoms with Crippen LogP contribution in [0.15, 0.2) is 37.0 Å². The van der Waals surface area contributed by atoms with Crippen molar-refractivity contribution in [3.8, 4) is 5.75 Å². The minimum absolute atomic E-state index is 0.343. The van der Waals surface area contributed by atoms with Gasteiger partial charge in [-0.2, -0.15) is 0 Å².